The molecule has 1 amide bonds. The van der Waals surface area contributed by atoms with Crippen LogP contribution in [0, 0.1) is 18.3 Å². The fourth-order valence-electron chi connectivity index (χ4n) is 4.82. The summed E-state index contributed by atoms with van der Waals surface area (Å²) in [4.78, 5) is 30.3. The van der Waals surface area contributed by atoms with Gasteiger partial charge in [-0.25, -0.2) is 4.79 Å². The Morgan fingerprint density at radius 1 is 1.45 bits per heavy atom. The van der Waals surface area contributed by atoms with Crippen LogP contribution in [0.25, 0.3) is 0 Å². The van der Waals surface area contributed by atoms with Crippen molar-refractivity contribution >= 4 is 5.91 Å². The molecule has 0 aromatic carbocycles. The predicted molar refractivity (Wildman–Crippen MR) is 79.6 cm³/mol. The molecule has 4 rings (SSSR count). The third-order valence-electron chi connectivity index (χ3n) is 5.68. The summed E-state index contributed by atoms with van der Waals surface area (Å²) in [5.74, 6) is 0.181. The third-order valence-corrected chi connectivity index (χ3v) is 5.68. The number of nitrogens with zero attached hydrogens (tertiary/aromatic N) is 1. The van der Waals surface area contributed by atoms with Gasteiger partial charge in [0.25, 0.3) is 5.91 Å². The second-order valence-electron chi connectivity index (χ2n) is 6.89. The molecule has 0 bridgehead atoms. The zero-order valence-electron chi connectivity index (χ0n) is 12.7. The first-order chi connectivity index (χ1) is 10.6. The minimum atomic E-state index is -0.476. The maximum Gasteiger partial charge on any atom is 0.345 e. The van der Waals surface area contributed by atoms with Crippen molar-refractivity contribution in [2.45, 2.75) is 51.2 Å². The molecule has 3 atom stereocenters. The van der Waals surface area contributed by atoms with E-state index in [9.17, 15) is 9.59 Å². The minimum absolute atomic E-state index is 0.118. The number of aromatic amines is 1. The lowest BCUT2D eigenvalue weighted by molar-refractivity contribution is -0.126. The van der Waals surface area contributed by atoms with Crippen molar-refractivity contribution < 1.29 is 9.53 Å². The van der Waals surface area contributed by atoms with Crippen LogP contribution in [0.2, 0.25) is 0 Å². The fraction of sp³-hybridized carbons (Fsp3) is 0.688. The van der Waals surface area contributed by atoms with Crippen LogP contribution in [0.1, 0.15) is 48.3 Å². The van der Waals surface area contributed by atoms with Gasteiger partial charge in [0.15, 0.2) is 0 Å². The largest absolute Gasteiger partial charge is 0.377 e. The summed E-state index contributed by atoms with van der Waals surface area (Å²) in [5, 5.41) is 3.16. The summed E-state index contributed by atoms with van der Waals surface area (Å²) >= 11 is 0. The minimum Gasteiger partial charge on any atom is -0.377 e. The van der Waals surface area contributed by atoms with Crippen LogP contribution in [0.3, 0.4) is 0 Å². The predicted octanol–water partition coefficient (Wildman–Crippen LogP) is 1.16. The van der Waals surface area contributed by atoms with Gasteiger partial charge in [-0.15, -0.1) is 0 Å². The van der Waals surface area contributed by atoms with Gasteiger partial charge in [-0.2, -0.15) is 4.98 Å². The van der Waals surface area contributed by atoms with Crippen molar-refractivity contribution in [3.05, 3.63) is 27.9 Å². The van der Waals surface area contributed by atoms with Crippen LogP contribution >= 0.6 is 0 Å². The average Bonchev–Trinajstić information content (AvgIpc) is 3.11. The maximum atomic E-state index is 12.5. The lowest BCUT2D eigenvalue weighted by Gasteiger charge is -2.56. The number of nitrogens with one attached hydrogen (secondary N) is 2. The fourth-order valence-corrected chi connectivity index (χ4v) is 4.82. The van der Waals surface area contributed by atoms with E-state index in [1.165, 1.54) is 12.8 Å². The molecule has 2 aliphatic carbocycles. The van der Waals surface area contributed by atoms with Crippen molar-refractivity contribution in [3.63, 3.8) is 0 Å². The smallest absolute Gasteiger partial charge is 0.345 e. The van der Waals surface area contributed by atoms with Gasteiger partial charge in [0.1, 0.15) is 5.69 Å². The Hall–Kier alpha value is -1.69. The number of carbonyl (C=O) groups is 1. The van der Waals surface area contributed by atoms with E-state index in [4.69, 9.17) is 4.74 Å². The molecule has 1 aromatic rings. The zero-order valence-corrected chi connectivity index (χ0v) is 12.7. The number of fused-ring (bicyclic) bond motifs is 2. The second kappa shape index (κ2) is 4.91. The van der Waals surface area contributed by atoms with Crippen molar-refractivity contribution in [2.75, 3.05) is 6.61 Å². The molecule has 1 spiro atoms. The first kappa shape index (κ1) is 13.9. The molecule has 2 N–H and O–H groups in total. The molecular formula is C16H21N3O3. The summed E-state index contributed by atoms with van der Waals surface area (Å²) in [7, 11) is 0. The van der Waals surface area contributed by atoms with Crippen LogP contribution < -0.4 is 11.0 Å². The van der Waals surface area contributed by atoms with Gasteiger partial charge in [0.2, 0.25) is 0 Å². The van der Waals surface area contributed by atoms with E-state index in [0.29, 0.717) is 17.7 Å². The monoisotopic (exact) mass is 303 g/mol. The number of aromatic nitrogens is 2. The second-order valence-corrected chi connectivity index (χ2v) is 6.89. The summed E-state index contributed by atoms with van der Waals surface area (Å²) < 4.78 is 5.92. The summed E-state index contributed by atoms with van der Waals surface area (Å²) in [6, 6.07) is 1.79. The molecule has 1 saturated heterocycles. The number of rotatable bonds is 2. The molecule has 22 heavy (non-hydrogen) atoms. The van der Waals surface area contributed by atoms with Gasteiger partial charge in [0, 0.05) is 29.7 Å². The van der Waals surface area contributed by atoms with Gasteiger partial charge in [-0.05, 0) is 32.3 Å². The van der Waals surface area contributed by atoms with Gasteiger partial charge in [-0.3, -0.25) is 4.79 Å². The van der Waals surface area contributed by atoms with Gasteiger partial charge in [-0.1, -0.05) is 12.8 Å². The highest BCUT2D eigenvalue weighted by molar-refractivity contribution is 5.92. The molecule has 2 heterocycles. The number of hydrogen-bond donors (Lipinski definition) is 2. The third kappa shape index (κ3) is 1.93. The Morgan fingerprint density at radius 2 is 2.23 bits per heavy atom. The Labute approximate surface area is 128 Å². The maximum absolute atomic E-state index is 12.5. The molecular weight excluding hydrogens is 282 g/mol. The van der Waals surface area contributed by atoms with Gasteiger partial charge >= 0.3 is 5.69 Å². The Kier molecular flexibility index (Phi) is 3.11. The molecule has 3 fully saturated rings. The van der Waals surface area contributed by atoms with Gasteiger partial charge < -0.3 is 15.0 Å². The molecule has 3 aliphatic rings. The molecule has 2 saturated carbocycles. The first-order valence-electron chi connectivity index (χ1n) is 8.11. The van der Waals surface area contributed by atoms with Crippen molar-refractivity contribution in [1.29, 1.82) is 0 Å². The topological polar surface area (TPSA) is 84.1 Å². The summed E-state index contributed by atoms with van der Waals surface area (Å²) in [5.41, 5.74) is 0.497. The van der Waals surface area contributed by atoms with Crippen LogP contribution in [-0.4, -0.2) is 34.6 Å². The molecule has 1 aliphatic heterocycles. The molecule has 3 unspecified atom stereocenters. The number of carbonyl (C=O) groups excluding carboxylic acids is 1. The van der Waals surface area contributed by atoms with Crippen molar-refractivity contribution in [1.82, 2.24) is 15.3 Å². The van der Waals surface area contributed by atoms with E-state index in [0.717, 1.165) is 25.9 Å². The van der Waals surface area contributed by atoms with Crippen molar-refractivity contribution in [2.24, 2.45) is 11.3 Å². The standard InChI is InChI=1S/C16H21N3O3/c1-9-8-11(18-15(21)17-9)14(20)19-12-10-4-7-22-13(10)16(12)5-2-3-6-16/h8,10,12-13H,2-7H2,1H3,(H,19,20)(H,17,18,21). The van der Waals surface area contributed by atoms with Crippen LogP contribution in [0.15, 0.2) is 10.9 Å². The normalized spacial score (nSPS) is 31.8. The molecule has 1 aromatic heterocycles. The van der Waals surface area contributed by atoms with E-state index in [1.54, 1.807) is 13.0 Å². The van der Waals surface area contributed by atoms with Crippen LogP contribution in [-0.2, 0) is 4.74 Å². The van der Waals surface area contributed by atoms with Gasteiger partial charge in [0.05, 0.1) is 6.10 Å². The van der Waals surface area contributed by atoms with Crippen molar-refractivity contribution in [3.8, 4) is 0 Å². The van der Waals surface area contributed by atoms with Crippen LogP contribution in [0.4, 0.5) is 0 Å². The number of amides is 1. The lowest BCUT2D eigenvalue weighted by atomic mass is 9.54. The average molecular weight is 303 g/mol. The summed E-state index contributed by atoms with van der Waals surface area (Å²) in [6.07, 6.45) is 6.00. The molecule has 0 radical (unpaired) electrons. The number of aryl methyl sites for hydroxylation is 1. The number of hydrogen-bond acceptors (Lipinski definition) is 4. The number of ether oxygens (including phenoxy) is 1. The SMILES string of the molecule is Cc1cc(C(=O)NC2C3CCOC3C23CCCC3)nc(=O)[nH]1. The van der Waals surface area contributed by atoms with E-state index in [2.05, 4.69) is 15.3 Å². The van der Waals surface area contributed by atoms with E-state index in [1.807, 2.05) is 0 Å². The Morgan fingerprint density at radius 3 is 2.95 bits per heavy atom. The van der Waals surface area contributed by atoms with E-state index >= 15 is 0 Å². The molecule has 118 valence electrons. The zero-order chi connectivity index (χ0) is 15.3. The first-order valence-corrected chi connectivity index (χ1v) is 8.11. The van der Waals surface area contributed by atoms with E-state index < -0.39 is 5.69 Å². The van der Waals surface area contributed by atoms with Crippen LogP contribution in [0.5, 0.6) is 0 Å². The Balaban J connectivity index is 1.57. The highest BCUT2D eigenvalue weighted by atomic mass is 16.5. The number of H-pyrrole nitrogens is 1. The quantitative estimate of drug-likeness (QED) is 0.858. The summed E-state index contributed by atoms with van der Waals surface area (Å²) in [6.45, 7) is 2.55. The highest BCUT2D eigenvalue weighted by Gasteiger charge is 2.65. The lowest BCUT2D eigenvalue weighted by Crippen LogP contribution is -2.68. The molecule has 6 heteroatoms. The van der Waals surface area contributed by atoms with E-state index in [-0.39, 0.29) is 23.1 Å². The highest BCUT2D eigenvalue weighted by Crippen LogP contribution is 2.60. The molecule has 6 nitrogen and oxygen atoms in total. The Bertz CT molecular complexity index is 663.